The van der Waals surface area contributed by atoms with Gasteiger partial charge >= 0.3 is 0 Å². The van der Waals surface area contributed by atoms with E-state index in [-0.39, 0.29) is 12.0 Å². The van der Waals surface area contributed by atoms with Crippen molar-refractivity contribution in [1.82, 2.24) is 14.9 Å². The number of pyridine rings is 2. The van der Waals surface area contributed by atoms with Gasteiger partial charge < -0.3 is 9.64 Å². The molecule has 5 nitrogen and oxygen atoms in total. The Hall–Kier alpha value is -2.79. The van der Waals surface area contributed by atoms with E-state index in [0.717, 1.165) is 16.3 Å². The van der Waals surface area contributed by atoms with Crippen LogP contribution >= 0.6 is 0 Å². The lowest BCUT2D eigenvalue weighted by molar-refractivity contribution is -0.0229. The molecule has 24 heavy (non-hydrogen) atoms. The summed E-state index contributed by atoms with van der Waals surface area (Å²) in [6, 6.07) is 13.6. The molecule has 0 bridgehead atoms. The lowest BCUT2D eigenvalue weighted by atomic mass is 10.1. The third kappa shape index (κ3) is 2.74. The number of carbonyl (C=O) groups excluding carboxylic acids is 1. The molecule has 2 aromatic heterocycles. The Morgan fingerprint density at radius 2 is 1.92 bits per heavy atom. The van der Waals surface area contributed by atoms with Crippen molar-refractivity contribution in [2.45, 2.75) is 6.10 Å². The third-order valence-corrected chi connectivity index (χ3v) is 4.31. The van der Waals surface area contributed by atoms with Crippen molar-refractivity contribution in [3.8, 4) is 0 Å². The maximum Gasteiger partial charge on any atom is 0.273 e. The van der Waals surface area contributed by atoms with Gasteiger partial charge in [-0.25, -0.2) is 0 Å². The van der Waals surface area contributed by atoms with Gasteiger partial charge in [-0.3, -0.25) is 14.8 Å². The lowest BCUT2D eigenvalue weighted by Crippen LogP contribution is -2.42. The molecule has 1 fully saturated rings. The molecule has 0 N–H and O–H groups in total. The number of ether oxygens (including phenoxy) is 1. The highest BCUT2D eigenvalue weighted by atomic mass is 16.5. The summed E-state index contributed by atoms with van der Waals surface area (Å²) in [6.45, 7) is 1.61. The van der Waals surface area contributed by atoms with Crippen LogP contribution in [-0.2, 0) is 4.74 Å². The van der Waals surface area contributed by atoms with E-state index in [0.29, 0.717) is 25.4 Å². The van der Waals surface area contributed by atoms with Crippen LogP contribution in [-0.4, -0.2) is 40.5 Å². The molecule has 1 aliphatic heterocycles. The van der Waals surface area contributed by atoms with Crippen molar-refractivity contribution in [2.75, 3.05) is 19.7 Å². The summed E-state index contributed by atoms with van der Waals surface area (Å²) in [6.07, 6.45) is 5.05. The van der Waals surface area contributed by atoms with Crippen molar-refractivity contribution in [2.24, 2.45) is 0 Å². The van der Waals surface area contributed by atoms with Gasteiger partial charge in [0.15, 0.2) is 0 Å². The molecule has 0 spiro atoms. The first-order chi connectivity index (χ1) is 11.8. The predicted molar refractivity (Wildman–Crippen MR) is 90.6 cm³/mol. The molecule has 1 aromatic carbocycles. The summed E-state index contributed by atoms with van der Waals surface area (Å²) in [5, 5.41) is 1.91. The van der Waals surface area contributed by atoms with E-state index in [1.165, 1.54) is 0 Å². The summed E-state index contributed by atoms with van der Waals surface area (Å²) < 4.78 is 5.83. The molecule has 1 unspecified atom stereocenters. The van der Waals surface area contributed by atoms with Crippen molar-refractivity contribution < 1.29 is 9.53 Å². The van der Waals surface area contributed by atoms with E-state index in [4.69, 9.17) is 4.74 Å². The summed E-state index contributed by atoms with van der Waals surface area (Å²) >= 11 is 0. The zero-order valence-corrected chi connectivity index (χ0v) is 13.1. The van der Waals surface area contributed by atoms with Crippen LogP contribution in [0.3, 0.4) is 0 Å². The van der Waals surface area contributed by atoms with Crippen LogP contribution in [0.2, 0.25) is 0 Å². The quantitative estimate of drug-likeness (QED) is 0.729. The lowest BCUT2D eigenvalue weighted by Gasteiger charge is -2.33. The monoisotopic (exact) mass is 319 g/mol. The van der Waals surface area contributed by atoms with Gasteiger partial charge in [-0.15, -0.1) is 0 Å². The van der Waals surface area contributed by atoms with Gasteiger partial charge in [-0.1, -0.05) is 24.3 Å². The molecule has 5 heteroatoms. The minimum absolute atomic E-state index is 0.0471. The Balaban J connectivity index is 1.62. The number of amides is 1. The number of hydrogen-bond donors (Lipinski definition) is 0. The van der Waals surface area contributed by atoms with Crippen LogP contribution in [0, 0.1) is 0 Å². The average molecular weight is 319 g/mol. The van der Waals surface area contributed by atoms with Gasteiger partial charge in [0.1, 0.15) is 11.8 Å². The fourth-order valence-corrected chi connectivity index (χ4v) is 3.05. The maximum atomic E-state index is 13.0. The fraction of sp³-hybridized carbons (Fsp3) is 0.211. The Bertz CT molecular complexity index is 861. The first-order valence-electron chi connectivity index (χ1n) is 7.97. The van der Waals surface area contributed by atoms with Crippen LogP contribution in [0.1, 0.15) is 22.2 Å². The van der Waals surface area contributed by atoms with Crippen molar-refractivity contribution in [1.29, 1.82) is 0 Å². The van der Waals surface area contributed by atoms with E-state index in [9.17, 15) is 4.79 Å². The molecule has 1 saturated heterocycles. The normalized spacial score (nSPS) is 17.8. The smallest absolute Gasteiger partial charge is 0.273 e. The fourth-order valence-electron chi connectivity index (χ4n) is 3.05. The van der Waals surface area contributed by atoms with E-state index in [1.807, 2.05) is 47.4 Å². The maximum absolute atomic E-state index is 13.0. The molecule has 0 saturated carbocycles. The van der Waals surface area contributed by atoms with Crippen LogP contribution in [0.25, 0.3) is 10.8 Å². The van der Waals surface area contributed by atoms with Crippen LogP contribution in [0.15, 0.2) is 61.1 Å². The van der Waals surface area contributed by atoms with Gasteiger partial charge in [0, 0.05) is 30.5 Å². The highest BCUT2D eigenvalue weighted by Crippen LogP contribution is 2.24. The summed E-state index contributed by atoms with van der Waals surface area (Å²) in [7, 11) is 0. The number of benzene rings is 1. The van der Waals surface area contributed by atoms with E-state index < -0.39 is 0 Å². The zero-order chi connectivity index (χ0) is 16.4. The van der Waals surface area contributed by atoms with Crippen molar-refractivity contribution >= 4 is 16.7 Å². The minimum Gasteiger partial charge on any atom is -0.370 e. The number of rotatable bonds is 2. The average Bonchev–Trinajstić information content (AvgIpc) is 2.68. The van der Waals surface area contributed by atoms with Gasteiger partial charge in [0.05, 0.1) is 13.2 Å². The molecule has 1 atom stereocenters. The topological polar surface area (TPSA) is 55.3 Å². The third-order valence-electron chi connectivity index (χ3n) is 4.31. The van der Waals surface area contributed by atoms with E-state index in [2.05, 4.69) is 9.97 Å². The van der Waals surface area contributed by atoms with Gasteiger partial charge in [0.25, 0.3) is 5.91 Å². The second-order valence-electron chi connectivity index (χ2n) is 5.77. The minimum atomic E-state index is -0.124. The largest absolute Gasteiger partial charge is 0.370 e. The van der Waals surface area contributed by atoms with Crippen molar-refractivity contribution in [3.63, 3.8) is 0 Å². The van der Waals surface area contributed by atoms with Crippen LogP contribution < -0.4 is 0 Å². The molecule has 1 aliphatic rings. The molecular formula is C19H17N3O2. The summed E-state index contributed by atoms with van der Waals surface area (Å²) in [5.41, 5.74) is 1.54. The highest BCUT2D eigenvalue weighted by molar-refractivity contribution is 6.05. The molecule has 3 aromatic rings. The number of aromatic nitrogens is 2. The predicted octanol–water partition coefficient (Wildman–Crippen LogP) is 2.84. The second-order valence-corrected chi connectivity index (χ2v) is 5.77. The molecule has 4 rings (SSSR count). The first-order valence-corrected chi connectivity index (χ1v) is 7.97. The van der Waals surface area contributed by atoms with Crippen LogP contribution in [0.5, 0.6) is 0 Å². The Morgan fingerprint density at radius 3 is 2.79 bits per heavy atom. The molecule has 0 aliphatic carbocycles. The Labute approximate surface area is 139 Å². The standard InChI is InChI=1S/C19H17N3O2/c23-19(18-16-4-2-1-3-14(16)7-10-21-18)22-11-12-24-17(13-22)15-5-8-20-9-6-15/h1-10,17H,11-13H2. The number of carbonyl (C=O) groups is 1. The molecule has 120 valence electrons. The Kier molecular flexibility index (Phi) is 3.92. The van der Waals surface area contributed by atoms with Gasteiger partial charge in [0.2, 0.25) is 0 Å². The Morgan fingerprint density at radius 1 is 1.08 bits per heavy atom. The molecule has 1 amide bonds. The molecular weight excluding hydrogens is 302 g/mol. The summed E-state index contributed by atoms with van der Waals surface area (Å²) in [5.74, 6) is -0.0471. The van der Waals surface area contributed by atoms with Gasteiger partial charge in [-0.2, -0.15) is 0 Å². The highest BCUT2D eigenvalue weighted by Gasteiger charge is 2.27. The summed E-state index contributed by atoms with van der Waals surface area (Å²) in [4.78, 5) is 23.2. The first kappa shape index (κ1) is 14.8. The molecule has 3 heterocycles. The number of hydrogen-bond acceptors (Lipinski definition) is 4. The SMILES string of the molecule is O=C(c1nccc2ccccc12)N1CCOC(c2ccncc2)C1. The van der Waals surface area contributed by atoms with Gasteiger partial charge in [-0.05, 0) is 29.1 Å². The molecule has 0 radical (unpaired) electrons. The number of morpholine rings is 1. The van der Waals surface area contributed by atoms with E-state index >= 15 is 0 Å². The van der Waals surface area contributed by atoms with Crippen LogP contribution in [0.4, 0.5) is 0 Å². The number of nitrogens with zero attached hydrogens (tertiary/aromatic N) is 3. The zero-order valence-electron chi connectivity index (χ0n) is 13.1. The second kappa shape index (κ2) is 6.37. The van der Waals surface area contributed by atoms with E-state index in [1.54, 1.807) is 18.6 Å². The van der Waals surface area contributed by atoms with Crippen molar-refractivity contribution in [3.05, 3.63) is 72.3 Å². The number of fused-ring (bicyclic) bond motifs is 1.